The van der Waals surface area contributed by atoms with Crippen molar-refractivity contribution in [2.75, 3.05) is 5.32 Å². The van der Waals surface area contributed by atoms with Gasteiger partial charge in [0.2, 0.25) is 16.9 Å². The molecule has 1 amide bonds. The summed E-state index contributed by atoms with van der Waals surface area (Å²) in [5.74, 6) is -0.110. The number of fused-ring (bicyclic) bond motifs is 1. The Balaban J connectivity index is 1.70. The number of hydrogen-bond acceptors (Lipinski definition) is 5. The van der Waals surface area contributed by atoms with Crippen LogP contribution >= 0.6 is 11.6 Å². The van der Waals surface area contributed by atoms with E-state index in [4.69, 9.17) is 25.2 Å². The number of aryl methyl sites for hydroxylation is 1. The summed E-state index contributed by atoms with van der Waals surface area (Å²) in [6.07, 6.45) is 0.484. The lowest BCUT2D eigenvalue weighted by atomic mass is 10.2. The molecule has 4 rings (SSSR count). The Hall–Kier alpha value is -3.51. The fourth-order valence-corrected chi connectivity index (χ4v) is 3.11. The van der Waals surface area contributed by atoms with Crippen LogP contribution in [0, 0.1) is 6.92 Å². The minimum Gasteiger partial charge on any atom is -0.473 e. The predicted octanol–water partition coefficient (Wildman–Crippen LogP) is 5.42. The number of carbonyl (C=O) groups is 1. The van der Waals surface area contributed by atoms with Gasteiger partial charge in [-0.15, -0.1) is 0 Å². The largest absolute Gasteiger partial charge is 0.473 e. The third-order valence-corrected chi connectivity index (χ3v) is 4.77. The van der Waals surface area contributed by atoms with Gasteiger partial charge in [-0.2, -0.15) is 0 Å². The number of nitrogens with one attached hydrogen (secondary N) is 1. The van der Waals surface area contributed by atoms with Gasteiger partial charge in [0.15, 0.2) is 11.9 Å². The molecular formula is C23H18ClNO5. The van der Waals surface area contributed by atoms with Crippen LogP contribution in [0.2, 0.25) is 5.02 Å². The molecule has 0 aliphatic rings. The molecule has 1 N–H and O–H groups in total. The molecule has 0 saturated heterocycles. The van der Waals surface area contributed by atoms with Gasteiger partial charge >= 0.3 is 0 Å². The summed E-state index contributed by atoms with van der Waals surface area (Å²) in [6.45, 7) is 3.51. The molecule has 2 aromatic heterocycles. The average Bonchev–Trinajstić information content (AvgIpc) is 3.26. The molecule has 0 spiro atoms. The number of carbonyl (C=O) groups excluding carboxylic acids is 1. The summed E-state index contributed by atoms with van der Waals surface area (Å²) in [6, 6.07) is 15.4. The lowest BCUT2D eigenvalue weighted by molar-refractivity contribution is -0.122. The molecule has 6 nitrogen and oxygen atoms in total. The third-order valence-electron chi connectivity index (χ3n) is 4.54. The highest BCUT2D eigenvalue weighted by Gasteiger charge is 2.24. The van der Waals surface area contributed by atoms with Crippen LogP contribution in [0.15, 0.2) is 74.5 Å². The standard InChI is InChI=1S/C23H18ClNO5/c1-13-5-8-16(9-6-13)25-23(27)14(2)29-22-20(26)17-12-15(24)7-10-18(17)30-21(22)19-4-3-11-28-19/h3-12,14H,1-2H3,(H,25,27). The van der Waals surface area contributed by atoms with E-state index < -0.39 is 17.4 Å². The Labute approximate surface area is 177 Å². The highest BCUT2D eigenvalue weighted by Crippen LogP contribution is 2.32. The second-order valence-electron chi connectivity index (χ2n) is 6.82. The van der Waals surface area contributed by atoms with Crippen LogP contribution in [0.1, 0.15) is 12.5 Å². The Bertz CT molecular complexity index is 1260. The fourth-order valence-electron chi connectivity index (χ4n) is 2.94. The fraction of sp³-hybridized carbons (Fsp3) is 0.130. The number of benzene rings is 2. The minimum absolute atomic E-state index is 0.106. The van der Waals surface area contributed by atoms with Crippen LogP contribution in [0.3, 0.4) is 0 Å². The molecule has 7 heteroatoms. The molecule has 0 saturated carbocycles. The van der Waals surface area contributed by atoms with Crippen molar-refractivity contribution in [2.45, 2.75) is 20.0 Å². The van der Waals surface area contributed by atoms with Gasteiger partial charge in [0, 0.05) is 10.7 Å². The number of halogens is 1. The maximum Gasteiger partial charge on any atom is 0.265 e. The molecule has 2 heterocycles. The smallest absolute Gasteiger partial charge is 0.265 e. The highest BCUT2D eigenvalue weighted by atomic mass is 35.5. The lowest BCUT2D eigenvalue weighted by Crippen LogP contribution is -2.31. The van der Waals surface area contributed by atoms with Crippen molar-refractivity contribution in [1.29, 1.82) is 0 Å². The van der Waals surface area contributed by atoms with Crippen molar-refractivity contribution in [3.05, 3.63) is 81.7 Å². The molecule has 0 aliphatic heterocycles. The van der Waals surface area contributed by atoms with E-state index in [-0.39, 0.29) is 16.9 Å². The number of anilines is 1. The minimum atomic E-state index is -0.973. The zero-order valence-electron chi connectivity index (χ0n) is 16.3. The summed E-state index contributed by atoms with van der Waals surface area (Å²) < 4.78 is 17.1. The van der Waals surface area contributed by atoms with Crippen LogP contribution in [0.25, 0.3) is 22.5 Å². The average molecular weight is 424 g/mol. The van der Waals surface area contributed by atoms with Crippen LogP contribution < -0.4 is 15.5 Å². The molecule has 4 aromatic rings. The molecule has 1 atom stereocenters. The number of furan rings is 1. The number of hydrogen-bond donors (Lipinski definition) is 1. The lowest BCUT2D eigenvalue weighted by Gasteiger charge is -2.16. The van der Waals surface area contributed by atoms with Gasteiger partial charge in [0.05, 0.1) is 11.6 Å². The van der Waals surface area contributed by atoms with E-state index in [2.05, 4.69) is 5.32 Å². The van der Waals surface area contributed by atoms with Crippen LogP contribution in [0.5, 0.6) is 5.75 Å². The van der Waals surface area contributed by atoms with E-state index in [0.717, 1.165) is 5.56 Å². The zero-order valence-corrected chi connectivity index (χ0v) is 17.0. The summed E-state index contributed by atoms with van der Waals surface area (Å²) in [5.41, 5.74) is 1.59. The van der Waals surface area contributed by atoms with E-state index >= 15 is 0 Å². The van der Waals surface area contributed by atoms with E-state index in [1.807, 2.05) is 19.1 Å². The number of ether oxygens (including phenoxy) is 1. The second kappa shape index (κ2) is 8.08. The second-order valence-corrected chi connectivity index (χ2v) is 7.26. The van der Waals surface area contributed by atoms with Crippen molar-refractivity contribution < 1.29 is 18.4 Å². The third kappa shape index (κ3) is 3.95. The van der Waals surface area contributed by atoms with Crippen molar-refractivity contribution in [3.63, 3.8) is 0 Å². The number of amides is 1. The molecule has 30 heavy (non-hydrogen) atoms. The van der Waals surface area contributed by atoms with Crippen LogP contribution in [-0.2, 0) is 4.79 Å². The molecule has 0 aliphatic carbocycles. The summed E-state index contributed by atoms with van der Waals surface area (Å²) in [5, 5.41) is 3.40. The molecule has 152 valence electrons. The Kier molecular flexibility index (Phi) is 5.33. The van der Waals surface area contributed by atoms with Crippen LogP contribution in [-0.4, -0.2) is 12.0 Å². The van der Waals surface area contributed by atoms with Crippen molar-refractivity contribution in [3.8, 4) is 17.3 Å². The predicted molar refractivity (Wildman–Crippen MR) is 115 cm³/mol. The van der Waals surface area contributed by atoms with Gasteiger partial charge in [-0.1, -0.05) is 29.3 Å². The molecule has 0 bridgehead atoms. The Morgan fingerprint density at radius 2 is 1.90 bits per heavy atom. The zero-order chi connectivity index (χ0) is 21.3. The SMILES string of the molecule is Cc1ccc(NC(=O)C(C)Oc2c(-c3ccco3)oc3ccc(Cl)cc3c2=O)cc1. The van der Waals surface area contributed by atoms with Crippen molar-refractivity contribution in [1.82, 2.24) is 0 Å². The first-order chi connectivity index (χ1) is 14.4. The van der Waals surface area contributed by atoms with E-state index in [9.17, 15) is 9.59 Å². The van der Waals surface area contributed by atoms with Gasteiger partial charge in [-0.3, -0.25) is 9.59 Å². The van der Waals surface area contributed by atoms with Gasteiger partial charge < -0.3 is 18.9 Å². The maximum atomic E-state index is 13.1. The first-order valence-corrected chi connectivity index (χ1v) is 9.64. The maximum absolute atomic E-state index is 13.1. The summed E-state index contributed by atoms with van der Waals surface area (Å²) in [7, 11) is 0. The first kappa shape index (κ1) is 19.8. The molecule has 0 radical (unpaired) electrons. The van der Waals surface area contributed by atoms with Crippen molar-refractivity contribution >= 4 is 34.2 Å². The Morgan fingerprint density at radius 1 is 1.13 bits per heavy atom. The quantitative estimate of drug-likeness (QED) is 0.463. The topological polar surface area (TPSA) is 81.7 Å². The summed E-state index contributed by atoms with van der Waals surface area (Å²) in [4.78, 5) is 25.7. The molecule has 1 unspecified atom stereocenters. The normalized spacial score (nSPS) is 12.0. The van der Waals surface area contributed by atoms with Gasteiger partial charge in [0.25, 0.3) is 5.91 Å². The Morgan fingerprint density at radius 3 is 2.60 bits per heavy atom. The van der Waals surface area contributed by atoms with Gasteiger partial charge in [-0.25, -0.2) is 0 Å². The highest BCUT2D eigenvalue weighted by molar-refractivity contribution is 6.31. The monoisotopic (exact) mass is 423 g/mol. The van der Waals surface area contributed by atoms with Gasteiger partial charge in [-0.05, 0) is 56.3 Å². The van der Waals surface area contributed by atoms with Crippen LogP contribution in [0.4, 0.5) is 5.69 Å². The molecular weight excluding hydrogens is 406 g/mol. The summed E-state index contributed by atoms with van der Waals surface area (Å²) >= 11 is 6.04. The van der Waals surface area contributed by atoms with E-state index in [1.165, 1.54) is 12.3 Å². The molecule has 2 aromatic carbocycles. The van der Waals surface area contributed by atoms with E-state index in [0.29, 0.717) is 22.1 Å². The van der Waals surface area contributed by atoms with Crippen molar-refractivity contribution in [2.24, 2.45) is 0 Å². The number of rotatable bonds is 5. The molecule has 0 fully saturated rings. The van der Waals surface area contributed by atoms with E-state index in [1.54, 1.807) is 43.3 Å². The van der Waals surface area contributed by atoms with Gasteiger partial charge in [0.1, 0.15) is 5.58 Å². The first-order valence-electron chi connectivity index (χ1n) is 9.27.